The molecule has 1 fully saturated rings. The van der Waals surface area contributed by atoms with Gasteiger partial charge in [-0.1, -0.05) is 0 Å². The van der Waals surface area contributed by atoms with Crippen molar-refractivity contribution in [1.29, 1.82) is 0 Å². The highest BCUT2D eigenvalue weighted by Gasteiger charge is 2.41. The number of carboxylic acid groups (broad SMARTS) is 1. The van der Waals surface area contributed by atoms with Gasteiger partial charge in [-0.15, -0.1) is 0 Å². The molecule has 86 valence electrons. The van der Waals surface area contributed by atoms with Crippen molar-refractivity contribution in [2.75, 3.05) is 18.0 Å². The minimum absolute atomic E-state index is 0.324. The van der Waals surface area contributed by atoms with E-state index in [1.165, 1.54) is 0 Å². The van der Waals surface area contributed by atoms with Crippen molar-refractivity contribution in [3.63, 3.8) is 0 Å². The summed E-state index contributed by atoms with van der Waals surface area (Å²) in [4.78, 5) is 16.9. The molecule has 0 spiro atoms. The molecule has 1 aliphatic rings. The van der Waals surface area contributed by atoms with Crippen molar-refractivity contribution < 1.29 is 9.90 Å². The zero-order valence-corrected chi connectivity index (χ0v) is 10.1. The number of aromatic nitrogens is 1. The lowest BCUT2D eigenvalue weighted by molar-refractivity contribution is -0.142. The Bertz CT molecular complexity index is 426. The number of anilines is 1. The van der Waals surface area contributed by atoms with Gasteiger partial charge < -0.3 is 15.7 Å². The standard InChI is InChI=1S/C10H12BrN3O2/c11-7-5-13-3-1-8(7)14-4-2-10(12,6-14)9(15)16/h1,3,5H,2,4,6,12H2,(H,15,16). The number of rotatable bonds is 2. The molecule has 1 atom stereocenters. The van der Waals surface area contributed by atoms with E-state index < -0.39 is 11.5 Å². The van der Waals surface area contributed by atoms with Crippen LogP contribution in [0.15, 0.2) is 22.9 Å². The van der Waals surface area contributed by atoms with E-state index in [0.29, 0.717) is 19.5 Å². The van der Waals surface area contributed by atoms with Gasteiger partial charge in [-0.2, -0.15) is 0 Å². The summed E-state index contributed by atoms with van der Waals surface area (Å²) in [5.74, 6) is -0.944. The van der Waals surface area contributed by atoms with Crippen LogP contribution < -0.4 is 10.6 Å². The van der Waals surface area contributed by atoms with Crippen molar-refractivity contribution in [1.82, 2.24) is 4.98 Å². The molecule has 6 heteroatoms. The molecule has 0 saturated carbocycles. The van der Waals surface area contributed by atoms with E-state index in [1.54, 1.807) is 12.4 Å². The summed E-state index contributed by atoms with van der Waals surface area (Å²) in [5.41, 5.74) is 5.61. The molecule has 1 aromatic heterocycles. The van der Waals surface area contributed by atoms with Gasteiger partial charge in [-0.05, 0) is 28.4 Å². The first kappa shape index (κ1) is 11.3. The average Bonchev–Trinajstić information content (AvgIpc) is 2.63. The van der Waals surface area contributed by atoms with Crippen LogP contribution in [0.5, 0.6) is 0 Å². The van der Waals surface area contributed by atoms with Gasteiger partial charge in [0.1, 0.15) is 5.54 Å². The Morgan fingerprint density at radius 3 is 3.00 bits per heavy atom. The van der Waals surface area contributed by atoms with Gasteiger partial charge in [0.15, 0.2) is 0 Å². The maximum absolute atomic E-state index is 11.0. The summed E-state index contributed by atoms with van der Waals surface area (Å²) in [6.45, 7) is 0.969. The van der Waals surface area contributed by atoms with Crippen molar-refractivity contribution in [3.05, 3.63) is 22.9 Å². The van der Waals surface area contributed by atoms with Crippen LogP contribution in [0.4, 0.5) is 5.69 Å². The van der Waals surface area contributed by atoms with Crippen molar-refractivity contribution in [2.24, 2.45) is 5.73 Å². The Morgan fingerprint density at radius 1 is 1.69 bits per heavy atom. The van der Waals surface area contributed by atoms with E-state index in [-0.39, 0.29) is 0 Å². The summed E-state index contributed by atoms with van der Waals surface area (Å²) in [6.07, 6.45) is 3.82. The fourth-order valence-electron chi connectivity index (χ4n) is 1.84. The SMILES string of the molecule is NC1(C(=O)O)CCN(c2ccncc2Br)C1. The second kappa shape index (κ2) is 4.03. The van der Waals surface area contributed by atoms with E-state index in [0.717, 1.165) is 10.2 Å². The highest BCUT2D eigenvalue weighted by molar-refractivity contribution is 9.10. The van der Waals surface area contributed by atoms with E-state index in [1.807, 2.05) is 11.0 Å². The second-order valence-corrected chi connectivity index (χ2v) is 4.81. The molecule has 2 rings (SSSR count). The Labute approximate surface area is 101 Å². The van der Waals surface area contributed by atoms with Gasteiger partial charge in [0.25, 0.3) is 0 Å². The summed E-state index contributed by atoms with van der Waals surface area (Å²) < 4.78 is 0.852. The minimum atomic E-state index is -1.14. The number of halogens is 1. The molecule has 3 N–H and O–H groups in total. The Kier molecular flexibility index (Phi) is 2.86. The topological polar surface area (TPSA) is 79.5 Å². The first-order chi connectivity index (χ1) is 7.53. The number of aliphatic carboxylic acids is 1. The first-order valence-corrected chi connectivity index (χ1v) is 5.69. The van der Waals surface area contributed by atoms with Gasteiger partial charge in [0.05, 0.1) is 10.2 Å². The maximum atomic E-state index is 11.0. The molecular formula is C10H12BrN3O2. The molecule has 16 heavy (non-hydrogen) atoms. The number of carboxylic acids is 1. The number of nitrogens with zero attached hydrogens (tertiary/aromatic N) is 2. The van der Waals surface area contributed by atoms with Gasteiger partial charge in [-0.25, -0.2) is 0 Å². The van der Waals surface area contributed by atoms with E-state index in [4.69, 9.17) is 10.8 Å². The van der Waals surface area contributed by atoms with E-state index in [2.05, 4.69) is 20.9 Å². The molecule has 1 unspecified atom stereocenters. The minimum Gasteiger partial charge on any atom is -0.480 e. The van der Waals surface area contributed by atoms with E-state index in [9.17, 15) is 4.79 Å². The summed E-state index contributed by atoms with van der Waals surface area (Å²) in [5, 5.41) is 9.03. The number of carbonyl (C=O) groups is 1. The smallest absolute Gasteiger partial charge is 0.325 e. The third-order valence-electron chi connectivity index (χ3n) is 2.82. The van der Waals surface area contributed by atoms with Crippen LogP contribution >= 0.6 is 15.9 Å². The number of pyridine rings is 1. The fraction of sp³-hybridized carbons (Fsp3) is 0.400. The van der Waals surface area contributed by atoms with Crippen LogP contribution in [-0.4, -0.2) is 34.7 Å². The summed E-state index contributed by atoms with van der Waals surface area (Å²) in [7, 11) is 0. The van der Waals surface area contributed by atoms with Crippen LogP contribution in [0, 0.1) is 0 Å². The molecule has 0 aromatic carbocycles. The first-order valence-electron chi connectivity index (χ1n) is 4.90. The Morgan fingerprint density at radius 2 is 2.44 bits per heavy atom. The van der Waals surface area contributed by atoms with Crippen LogP contribution in [-0.2, 0) is 4.79 Å². The quantitative estimate of drug-likeness (QED) is 0.842. The van der Waals surface area contributed by atoms with Crippen LogP contribution in [0.1, 0.15) is 6.42 Å². The molecule has 2 heterocycles. The molecule has 1 saturated heterocycles. The lowest BCUT2D eigenvalue weighted by Crippen LogP contribution is -2.50. The van der Waals surface area contributed by atoms with Crippen molar-refractivity contribution in [3.8, 4) is 0 Å². The highest BCUT2D eigenvalue weighted by atomic mass is 79.9. The summed E-state index contributed by atoms with van der Waals surface area (Å²) in [6, 6.07) is 1.84. The van der Waals surface area contributed by atoms with E-state index >= 15 is 0 Å². The third kappa shape index (κ3) is 1.90. The highest BCUT2D eigenvalue weighted by Crippen LogP contribution is 2.30. The Balaban J connectivity index is 2.22. The van der Waals surface area contributed by atoms with Crippen molar-refractivity contribution in [2.45, 2.75) is 12.0 Å². The fourth-order valence-corrected chi connectivity index (χ4v) is 2.34. The zero-order valence-electron chi connectivity index (χ0n) is 8.56. The molecule has 0 aliphatic carbocycles. The van der Waals surface area contributed by atoms with Crippen LogP contribution in [0.25, 0.3) is 0 Å². The monoisotopic (exact) mass is 285 g/mol. The predicted molar refractivity (Wildman–Crippen MR) is 63.3 cm³/mol. The lowest BCUT2D eigenvalue weighted by atomic mass is 10.0. The second-order valence-electron chi connectivity index (χ2n) is 3.96. The third-order valence-corrected chi connectivity index (χ3v) is 3.43. The molecule has 0 radical (unpaired) electrons. The average molecular weight is 286 g/mol. The molecule has 0 amide bonds. The van der Waals surface area contributed by atoms with Gasteiger partial charge in [0, 0.05) is 25.5 Å². The van der Waals surface area contributed by atoms with Crippen LogP contribution in [0.2, 0.25) is 0 Å². The normalized spacial score (nSPS) is 24.8. The van der Waals surface area contributed by atoms with Gasteiger partial charge >= 0.3 is 5.97 Å². The molecule has 1 aliphatic heterocycles. The number of hydrogen-bond donors (Lipinski definition) is 2. The number of hydrogen-bond acceptors (Lipinski definition) is 4. The Hall–Kier alpha value is -1.14. The lowest BCUT2D eigenvalue weighted by Gasteiger charge is -2.22. The molecule has 1 aromatic rings. The molecule has 5 nitrogen and oxygen atoms in total. The largest absolute Gasteiger partial charge is 0.480 e. The number of nitrogens with two attached hydrogens (primary N) is 1. The van der Waals surface area contributed by atoms with Crippen LogP contribution in [0.3, 0.4) is 0 Å². The van der Waals surface area contributed by atoms with Gasteiger partial charge in [0.2, 0.25) is 0 Å². The zero-order chi connectivity index (χ0) is 11.8. The maximum Gasteiger partial charge on any atom is 0.325 e. The van der Waals surface area contributed by atoms with Gasteiger partial charge in [-0.3, -0.25) is 9.78 Å². The molecular weight excluding hydrogens is 274 g/mol. The molecule has 0 bridgehead atoms. The van der Waals surface area contributed by atoms with Crippen molar-refractivity contribution >= 4 is 27.6 Å². The predicted octanol–water partition coefficient (Wildman–Crippen LogP) is 0.836. The summed E-state index contributed by atoms with van der Waals surface area (Å²) >= 11 is 3.39.